The molecule has 144 valence electrons. The lowest BCUT2D eigenvalue weighted by atomic mass is 9.95. The van der Waals surface area contributed by atoms with Gasteiger partial charge in [-0.3, -0.25) is 24.1 Å². The van der Waals surface area contributed by atoms with E-state index in [1.807, 2.05) is 0 Å². The molecule has 0 aliphatic carbocycles. The van der Waals surface area contributed by atoms with Crippen molar-refractivity contribution in [1.82, 2.24) is 14.7 Å². The van der Waals surface area contributed by atoms with Gasteiger partial charge in [0.25, 0.3) is 11.8 Å². The summed E-state index contributed by atoms with van der Waals surface area (Å²) >= 11 is 0. The summed E-state index contributed by atoms with van der Waals surface area (Å²) in [5.74, 6) is -0.449. The number of amides is 4. The Labute approximate surface area is 158 Å². The molecule has 0 bridgehead atoms. The summed E-state index contributed by atoms with van der Waals surface area (Å²) < 4.78 is 0. The van der Waals surface area contributed by atoms with Crippen molar-refractivity contribution in [3.05, 3.63) is 35.4 Å². The number of nitrogens with zero attached hydrogens (tertiary/aromatic N) is 3. The van der Waals surface area contributed by atoms with Crippen molar-refractivity contribution in [1.29, 1.82) is 0 Å². The van der Waals surface area contributed by atoms with Gasteiger partial charge in [0.2, 0.25) is 11.8 Å². The molecular weight excluding hydrogens is 346 g/mol. The van der Waals surface area contributed by atoms with E-state index < -0.39 is 0 Å². The van der Waals surface area contributed by atoms with Crippen molar-refractivity contribution in [3.63, 3.8) is 0 Å². The van der Waals surface area contributed by atoms with E-state index >= 15 is 0 Å². The quantitative estimate of drug-likeness (QED) is 0.733. The van der Waals surface area contributed by atoms with Crippen LogP contribution in [0, 0.1) is 5.92 Å². The number of hydrogen-bond acceptors (Lipinski definition) is 4. The summed E-state index contributed by atoms with van der Waals surface area (Å²) in [6.45, 7) is 1.40. The molecule has 0 N–H and O–H groups in total. The van der Waals surface area contributed by atoms with Gasteiger partial charge >= 0.3 is 0 Å². The number of carbonyl (C=O) groups excluding carboxylic acids is 4. The van der Waals surface area contributed by atoms with Crippen LogP contribution in [0.25, 0.3) is 0 Å². The molecule has 1 aromatic carbocycles. The van der Waals surface area contributed by atoms with Gasteiger partial charge < -0.3 is 9.80 Å². The molecule has 4 amide bonds. The highest BCUT2D eigenvalue weighted by atomic mass is 16.2. The van der Waals surface area contributed by atoms with E-state index in [-0.39, 0.29) is 36.1 Å². The van der Waals surface area contributed by atoms with Crippen LogP contribution in [0.2, 0.25) is 0 Å². The van der Waals surface area contributed by atoms with E-state index in [1.165, 1.54) is 4.90 Å². The van der Waals surface area contributed by atoms with E-state index in [0.717, 1.165) is 0 Å². The van der Waals surface area contributed by atoms with Gasteiger partial charge in [0.15, 0.2) is 0 Å². The first-order chi connectivity index (χ1) is 12.9. The number of carbonyl (C=O) groups is 4. The lowest BCUT2D eigenvalue weighted by Crippen LogP contribution is -2.43. The Morgan fingerprint density at radius 1 is 1.04 bits per heavy atom. The van der Waals surface area contributed by atoms with Crippen LogP contribution in [0.4, 0.5) is 0 Å². The number of fused-ring (bicyclic) bond motifs is 1. The van der Waals surface area contributed by atoms with Crippen LogP contribution in [-0.4, -0.2) is 72.1 Å². The van der Waals surface area contributed by atoms with E-state index in [2.05, 4.69) is 0 Å². The van der Waals surface area contributed by atoms with Crippen LogP contribution in [-0.2, 0) is 9.59 Å². The molecule has 3 rings (SSSR count). The Hall–Kier alpha value is -2.70. The van der Waals surface area contributed by atoms with Gasteiger partial charge in [-0.05, 0) is 31.4 Å². The SMILES string of the molecule is CN(C)C(=O)C1CCN(C(=O)CCCN2C(=O)c3ccccc3C2=O)CC1. The summed E-state index contributed by atoms with van der Waals surface area (Å²) in [6.07, 6.45) is 2.10. The minimum Gasteiger partial charge on any atom is -0.349 e. The minimum atomic E-state index is -0.286. The van der Waals surface area contributed by atoms with Crippen molar-refractivity contribution in [2.75, 3.05) is 33.7 Å². The van der Waals surface area contributed by atoms with Crippen LogP contribution < -0.4 is 0 Å². The predicted octanol–water partition coefficient (Wildman–Crippen LogP) is 1.39. The molecule has 27 heavy (non-hydrogen) atoms. The summed E-state index contributed by atoms with van der Waals surface area (Å²) in [6, 6.07) is 6.78. The third-order valence-corrected chi connectivity index (χ3v) is 5.29. The van der Waals surface area contributed by atoms with Crippen LogP contribution >= 0.6 is 0 Å². The van der Waals surface area contributed by atoms with Crippen LogP contribution in [0.15, 0.2) is 24.3 Å². The van der Waals surface area contributed by atoms with E-state index in [9.17, 15) is 19.2 Å². The highest BCUT2D eigenvalue weighted by molar-refractivity contribution is 6.21. The average molecular weight is 371 g/mol. The van der Waals surface area contributed by atoms with E-state index in [1.54, 1.807) is 48.2 Å². The second kappa shape index (κ2) is 7.90. The lowest BCUT2D eigenvalue weighted by Gasteiger charge is -2.32. The largest absolute Gasteiger partial charge is 0.349 e. The Kier molecular flexibility index (Phi) is 5.58. The maximum Gasteiger partial charge on any atom is 0.261 e. The summed E-state index contributed by atoms with van der Waals surface area (Å²) in [5.41, 5.74) is 0.864. The normalized spacial score (nSPS) is 17.3. The fourth-order valence-corrected chi connectivity index (χ4v) is 3.73. The molecule has 1 fully saturated rings. The molecule has 2 aliphatic rings. The first-order valence-corrected chi connectivity index (χ1v) is 9.34. The lowest BCUT2D eigenvalue weighted by molar-refractivity contribution is -0.139. The number of rotatable bonds is 5. The zero-order valence-electron chi connectivity index (χ0n) is 15.8. The fraction of sp³-hybridized carbons (Fsp3) is 0.500. The second-order valence-electron chi connectivity index (χ2n) is 7.30. The van der Waals surface area contributed by atoms with Gasteiger partial charge in [-0.15, -0.1) is 0 Å². The first-order valence-electron chi connectivity index (χ1n) is 9.34. The topological polar surface area (TPSA) is 78.0 Å². The first kappa shape index (κ1) is 19.1. The predicted molar refractivity (Wildman–Crippen MR) is 99.0 cm³/mol. The number of likely N-dealkylation sites (tertiary alicyclic amines) is 1. The molecule has 0 aromatic heterocycles. The monoisotopic (exact) mass is 371 g/mol. The number of hydrogen-bond donors (Lipinski definition) is 0. The molecule has 7 heteroatoms. The standard InChI is InChI=1S/C20H25N3O4/c1-21(2)18(25)14-9-12-22(13-10-14)17(24)8-5-11-23-19(26)15-6-3-4-7-16(15)20(23)27/h3-4,6-7,14H,5,8-13H2,1-2H3. The molecular formula is C20H25N3O4. The van der Waals surface area contributed by atoms with Crippen molar-refractivity contribution < 1.29 is 19.2 Å². The molecule has 0 atom stereocenters. The number of piperidine rings is 1. The van der Waals surface area contributed by atoms with Gasteiger partial charge in [0, 0.05) is 46.1 Å². The summed E-state index contributed by atoms with van der Waals surface area (Å²) in [7, 11) is 3.50. The third kappa shape index (κ3) is 3.86. The van der Waals surface area contributed by atoms with Crippen molar-refractivity contribution in [2.24, 2.45) is 5.92 Å². The van der Waals surface area contributed by atoms with E-state index in [0.29, 0.717) is 49.9 Å². The molecule has 2 aliphatic heterocycles. The molecule has 0 unspecified atom stereocenters. The molecule has 1 saturated heterocycles. The van der Waals surface area contributed by atoms with Gasteiger partial charge in [-0.2, -0.15) is 0 Å². The number of imide groups is 1. The Morgan fingerprint density at radius 2 is 1.59 bits per heavy atom. The average Bonchev–Trinajstić information content (AvgIpc) is 2.92. The molecule has 0 radical (unpaired) electrons. The van der Waals surface area contributed by atoms with Crippen molar-refractivity contribution in [3.8, 4) is 0 Å². The maximum atomic E-state index is 12.4. The molecule has 0 saturated carbocycles. The smallest absolute Gasteiger partial charge is 0.261 e. The van der Waals surface area contributed by atoms with Crippen LogP contribution in [0.1, 0.15) is 46.4 Å². The molecule has 7 nitrogen and oxygen atoms in total. The van der Waals surface area contributed by atoms with Crippen molar-refractivity contribution in [2.45, 2.75) is 25.7 Å². The Bertz CT molecular complexity index is 731. The van der Waals surface area contributed by atoms with Gasteiger partial charge in [0.1, 0.15) is 0 Å². The van der Waals surface area contributed by atoms with Gasteiger partial charge in [-0.1, -0.05) is 12.1 Å². The Morgan fingerprint density at radius 3 is 2.11 bits per heavy atom. The van der Waals surface area contributed by atoms with Gasteiger partial charge in [-0.25, -0.2) is 0 Å². The summed E-state index contributed by atoms with van der Waals surface area (Å²) in [5, 5.41) is 0. The highest BCUT2D eigenvalue weighted by Crippen LogP contribution is 2.23. The second-order valence-corrected chi connectivity index (χ2v) is 7.30. The minimum absolute atomic E-state index is 0.0117. The molecule has 0 spiro atoms. The molecule has 1 aromatic rings. The number of benzene rings is 1. The summed E-state index contributed by atoms with van der Waals surface area (Å²) in [4.78, 5) is 53.6. The fourth-order valence-electron chi connectivity index (χ4n) is 3.73. The molecule has 2 heterocycles. The van der Waals surface area contributed by atoms with Crippen LogP contribution in [0.3, 0.4) is 0 Å². The third-order valence-electron chi connectivity index (χ3n) is 5.29. The maximum absolute atomic E-state index is 12.4. The Balaban J connectivity index is 1.45. The van der Waals surface area contributed by atoms with E-state index in [4.69, 9.17) is 0 Å². The zero-order chi connectivity index (χ0) is 19.6. The van der Waals surface area contributed by atoms with Gasteiger partial charge in [0.05, 0.1) is 11.1 Å². The zero-order valence-corrected chi connectivity index (χ0v) is 15.8. The van der Waals surface area contributed by atoms with Crippen molar-refractivity contribution >= 4 is 23.6 Å². The highest BCUT2D eigenvalue weighted by Gasteiger charge is 2.35. The van der Waals surface area contributed by atoms with Crippen LogP contribution in [0.5, 0.6) is 0 Å².